The number of hydrogen-bond donors (Lipinski definition) is 1. The van der Waals surface area contributed by atoms with E-state index in [9.17, 15) is 8.42 Å². The van der Waals surface area contributed by atoms with Crippen LogP contribution in [-0.2, 0) is 38.2 Å². The lowest BCUT2D eigenvalue weighted by Gasteiger charge is -2.59. The molecular weight excluding hydrogens is 495 g/mol. The van der Waals surface area contributed by atoms with Gasteiger partial charge in [0.05, 0.1) is 18.8 Å². The summed E-state index contributed by atoms with van der Waals surface area (Å²) in [5.74, 6) is 0.185. The standard InChI is InChI=1S/C27H33FN4O4S/c1-3-5-7-21(4-2)24-8-6-11-32(37(24,33)34)13-20-9-10-22(23(28)12-20)27(15-26(16-27)17-35-18-26)36-14-25-29-19-30-31-25/h3-5,7,9-10,12,19,24H,2,6,8,11,13-18H2,1H3,(H,29,30,31)/b5-3-,21-7+/t24-/m1/s1. The van der Waals surface area contributed by atoms with Crippen LogP contribution in [0.2, 0.25) is 0 Å². The highest BCUT2D eigenvalue weighted by Gasteiger charge is 2.61. The van der Waals surface area contributed by atoms with E-state index in [0.717, 1.165) is 6.42 Å². The van der Waals surface area contributed by atoms with Crippen LogP contribution in [0, 0.1) is 11.2 Å². The van der Waals surface area contributed by atoms with Crippen molar-refractivity contribution >= 4 is 10.0 Å². The number of nitrogens with zero attached hydrogens (tertiary/aromatic N) is 3. The predicted molar refractivity (Wildman–Crippen MR) is 137 cm³/mol. The van der Waals surface area contributed by atoms with Gasteiger partial charge in [-0.2, -0.15) is 4.31 Å². The van der Waals surface area contributed by atoms with Crippen LogP contribution in [0.25, 0.3) is 0 Å². The van der Waals surface area contributed by atoms with Gasteiger partial charge in [-0.15, -0.1) is 10.2 Å². The number of halogens is 1. The number of H-pyrrole nitrogens is 1. The van der Waals surface area contributed by atoms with E-state index >= 15 is 4.39 Å². The third-order valence-electron chi connectivity index (χ3n) is 7.66. The Morgan fingerprint density at radius 1 is 1.38 bits per heavy atom. The van der Waals surface area contributed by atoms with Crippen LogP contribution in [0.5, 0.6) is 0 Å². The fourth-order valence-corrected chi connectivity index (χ4v) is 7.85. The summed E-state index contributed by atoms with van der Waals surface area (Å²) >= 11 is 0. The largest absolute Gasteiger partial charge is 0.380 e. The second-order valence-electron chi connectivity index (χ2n) is 10.3. The molecule has 1 aliphatic carbocycles. The maximum Gasteiger partial charge on any atom is 0.221 e. The molecule has 2 aliphatic heterocycles. The molecule has 1 aromatic carbocycles. The number of benzene rings is 1. The average molecular weight is 529 g/mol. The highest BCUT2D eigenvalue weighted by atomic mass is 32.2. The van der Waals surface area contributed by atoms with E-state index in [1.54, 1.807) is 18.2 Å². The number of rotatable bonds is 9. The van der Waals surface area contributed by atoms with Crippen LogP contribution in [0.3, 0.4) is 0 Å². The lowest BCUT2D eigenvalue weighted by atomic mass is 9.55. The number of nitrogens with one attached hydrogen (secondary N) is 1. The molecule has 10 heteroatoms. The molecule has 1 aromatic heterocycles. The number of aromatic amines is 1. The van der Waals surface area contributed by atoms with Gasteiger partial charge in [0, 0.05) is 24.1 Å². The molecule has 0 radical (unpaired) electrons. The van der Waals surface area contributed by atoms with E-state index in [-0.39, 0.29) is 18.6 Å². The first kappa shape index (κ1) is 26.0. The molecule has 2 aromatic rings. The van der Waals surface area contributed by atoms with Crippen molar-refractivity contribution in [1.29, 1.82) is 0 Å². The van der Waals surface area contributed by atoms with E-state index in [1.165, 1.54) is 16.7 Å². The number of ether oxygens (including phenoxy) is 2. The van der Waals surface area contributed by atoms with Crippen LogP contribution in [0.15, 0.2) is 61.0 Å². The van der Waals surface area contributed by atoms with Gasteiger partial charge in [0.1, 0.15) is 24.0 Å². The molecule has 37 heavy (non-hydrogen) atoms. The molecule has 0 bridgehead atoms. The molecule has 1 atom stereocenters. The number of hydrogen-bond acceptors (Lipinski definition) is 6. The van der Waals surface area contributed by atoms with Gasteiger partial charge in [-0.3, -0.25) is 0 Å². The summed E-state index contributed by atoms with van der Waals surface area (Å²) in [7, 11) is -3.61. The SMILES string of the molecule is C=C/C(=C\C=C/C)[C@H]1CCCN(Cc2ccc(C3(OCc4nnc[nH]4)CC4(COC4)C3)c(F)c2)S1(=O)=O. The van der Waals surface area contributed by atoms with Gasteiger partial charge in [0.15, 0.2) is 5.82 Å². The van der Waals surface area contributed by atoms with Crippen molar-refractivity contribution in [2.45, 2.75) is 56.6 Å². The van der Waals surface area contributed by atoms with Gasteiger partial charge in [-0.05, 0) is 49.8 Å². The minimum atomic E-state index is -3.61. The molecule has 2 saturated heterocycles. The van der Waals surface area contributed by atoms with Crippen LogP contribution in [-0.4, -0.2) is 52.9 Å². The summed E-state index contributed by atoms with van der Waals surface area (Å²) < 4.78 is 55.6. The second-order valence-corrected chi connectivity index (χ2v) is 12.4. The zero-order valence-electron chi connectivity index (χ0n) is 21.0. The van der Waals surface area contributed by atoms with Crippen LogP contribution < -0.4 is 0 Å². The van der Waals surface area contributed by atoms with Gasteiger partial charge in [0.2, 0.25) is 10.0 Å². The Kier molecular flexibility index (Phi) is 7.19. The smallest absolute Gasteiger partial charge is 0.221 e. The lowest BCUT2D eigenvalue weighted by Crippen LogP contribution is -2.60. The van der Waals surface area contributed by atoms with Gasteiger partial charge in [0.25, 0.3) is 0 Å². The van der Waals surface area contributed by atoms with Crippen molar-refractivity contribution in [3.8, 4) is 0 Å². The van der Waals surface area contributed by atoms with Gasteiger partial charge >= 0.3 is 0 Å². The van der Waals surface area contributed by atoms with E-state index < -0.39 is 26.7 Å². The Bertz CT molecular complexity index is 1290. The zero-order valence-corrected chi connectivity index (χ0v) is 21.8. The second kappa shape index (κ2) is 10.2. The molecule has 0 amide bonds. The monoisotopic (exact) mass is 528 g/mol. The van der Waals surface area contributed by atoms with Crippen molar-refractivity contribution in [3.05, 3.63) is 83.8 Å². The predicted octanol–water partition coefficient (Wildman–Crippen LogP) is 4.15. The summed E-state index contributed by atoms with van der Waals surface area (Å²) in [5.41, 5.74) is 1.02. The zero-order chi connectivity index (χ0) is 26.1. The van der Waals surface area contributed by atoms with Gasteiger partial charge in [-0.1, -0.05) is 43.0 Å². The third-order valence-corrected chi connectivity index (χ3v) is 9.91. The summed E-state index contributed by atoms with van der Waals surface area (Å²) in [4.78, 5) is 2.92. The Hall–Kier alpha value is -2.66. The molecule has 1 saturated carbocycles. The molecule has 3 fully saturated rings. The quantitative estimate of drug-likeness (QED) is 0.491. The van der Waals surface area contributed by atoms with E-state index in [1.807, 2.05) is 25.1 Å². The van der Waals surface area contributed by atoms with Crippen molar-refractivity contribution in [2.24, 2.45) is 5.41 Å². The summed E-state index contributed by atoms with van der Waals surface area (Å²) in [6.45, 7) is 7.72. The molecule has 8 nitrogen and oxygen atoms in total. The van der Waals surface area contributed by atoms with Crippen LogP contribution in [0.4, 0.5) is 4.39 Å². The highest BCUT2D eigenvalue weighted by Crippen LogP contribution is 2.60. The highest BCUT2D eigenvalue weighted by molar-refractivity contribution is 7.90. The Morgan fingerprint density at radius 2 is 2.19 bits per heavy atom. The number of aromatic nitrogens is 3. The third kappa shape index (κ3) is 4.95. The maximum atomic E-state index is 15.6. The van der Waals surface area contributed by atoms with Crippen molar-refractivity contribution in [2.75, 3.05) is 19.8 Å². The van der Waals surface area contributed by atoms with E-state index in [4.69, 9.17) is 9.47 Å². The summed E-state index contributed by atoms with van der Waals surface area (Å²) in [6, 6.07) is 5.00. The van der Waals surface area contributed by atoms with E-state index in [2.05, 4.69) is 21.8 Å². The van der Waals surface area contributed by atoms with Crippen molar-refractivity contribution < 1.29 is 22.3 Å². The van der Waals surface area contributed by atoms with Crippen LogP contribution in [0.1, 0.15) is 49.6 Å². The van der Waals surface area contributed by atoms with Gasteiger partial charge in [-0.25, -0.2) is 12.8 Å². The molecule has 1 N–H and O–H groups in total. The van der Waals surface area contributed by atoms with Gasteiger partial charge < -0.3 is 14.5 Å². The number of sulfonamides is 1. The molecular formula is C27H33FN4O4S. The number of allylic oxidation sites excluding steroid dienone is 4. The minimum absolute atomic E-state index is 0.0345. The first-order valence-corrected chi connectivity index (χ1v) is 14.1. The molecule has 3 heterocycles. The average Bonchev–Trinajstić information content (AvgIpc) is 3.34. The minimum Gasteiger partial charge on any atom is -0.380 e. The molecule has 0 unspecified atom stereocenters. The lowest BCUT2D eigenvalue weighted by molar-refractivity contribution is -0.267. The fraction of sp³-hybridized carbons (Fsp3) is 0.481. The first-order valence-electron chi connectivity index (χ1n) is 12.6. The molecule has 3 aliphatic rings. The first-order chi connectivity index (χ1) is 17.8. The molecule has 1 spiro atoms. The Labute approximate surface area is 217 Å². The molecule has 198 valence electrons. The van der Waals surface area contributed by atoms with Crippen LogP contribution >= 0.6 is 0 Å². The Balaban J connectivity index is 1.35. The normalized spacial score (nSPS) is 24.6. The molecule has 5 rings (SSSR count). The Morgan fingerprint density at radius 3 is 2.81 bits per heavy atom. The fourth-order valence-electron chi connectivity index (χ4n) is 5.79. The maximum absolute atomic E-state index is 15.6. The van der Waals surface area contributed by atoms with E-state index in [0.29, 0.717) is 61.5 Å². The summed E-state index contributed by atoms with van der Waals surface area (Å²) in [6.07, 6.45) is 11.2. The van der Waals surface area contributed by atoms with Crippen molar-refractivity contribution in [1.82, 2.24) is 19.5 Å². The topological polar surface area (TPSA) is 97.4 Å². The summed E-state index contributed by atoms with van der Waals surface area (Å²) in [5, 5.41) is 7.10. The van der Waals surface area contributed by atoms with Crippen molar-refractivity contribution in [3.63, 3.8) is 0 Å².